The molecule has 128 valence electrons. The molecule has 0 N–H and O–H groups in total. The van der Waals surface area contributed by atoms with E-state index in [0.717, 1.165) is 12.2 Å². The first-order valence-electron chi connectivity index (χ1n) is 7.33. The van der Waals surface area contributed by atoms with Gasteiger partial charge in [0.05, 0.1) is 18.8 Å². The Kier molecular flexibility index (Phi) is 8.52. The first kappa shape index (κ1) is 19.1. The van der Waals surface area contributed by atoms with Crippen molar-refractivity contribution in [2.75, 3.05) is 13.2 Å². The highest BCUT2D eigenvalue weighted by molar-refractivity contribution is 5.91. The first-order chi connectivity index (χ1) is 11.6. The number of carbonyl (C=O) groups is 4. The van der Waals surface area contributed by atoms with Crippen molar-refractivity contribution in [2.24, 2.45) is 0 Å². The number of aldehydes is 1. The van der Waals surface area contributed by atoms with Crippen molar-refractivity contribution in [3.8, 4) is 5.75 Å². The van der Waals surface area contributed by atoms with Crippen LogP contribution < -0.4 is 4.74 Å². The SMILES string of the molecule is CCOC(=O)/C=C/C(=O)OCCCC(=O)Oc1ccccc1C=O. The second-order valence-corrected chi connectivity index (χ2v) is 4.49. The van der Waals surface area contributed by atoms with E-state index in [2.05, 4.69) is 4.74 Å². The van der Waals surface area contributed by atoms with Gasteiger partial charge in [-0.25, -0.2) is 9.59 Å². The van der Waals surface area contributed by atoms with Gasteiger partial charge in [-0.2, -0.15) is 0 Å². The van der Waals surface area contributed by atoms with Crippen LogP contribution in [0, 0.1) is 0 Å². The van der Waals surface area contributed by atoms with Crippen LogP contribution in [0.3, 0.4) is 0 Å². The molecular formula is C17H18O7. The lowest BCUT2D eigenvalue weighted by molar-refractivity contribution is -0.141. The maximum Gasteiger partial charge on any atom is 0.331 e. The van der Waals surface area contributed by atoms with Crippen LogP contribution in [0.1, 0.15) is 30.1 Å². The molecule has 0 amide bonds. The van der Waals surface area contributed by atoms with Crippen molar-refractivity contribution in [3.63, 3.8) is 0 Å². The van der Waals surface area contributed by atoms with Crippen LogP contribution >= 0.6 is 0 Å². The van der Waals surface area contributed by atoms with E-state index in [9.17, 15) is 19.2 Å². The van der Waals surface area contributed by atoms with E-state index >= 15 is 0 Å². The third-order valence-electron chi connectivity index (χ3n) is 2.68. The minimum Gasteiger partial charge on any atom is -0.463 e. The van der Waals surface area contributed by atoms with Gasteiger partial charge in [-0.1, -0.05) is 12.1 Å². The average molecular weight is 334 g/mol. The number of benzene rings is 1. The maximum atomic E-state index is 11.7. The first-order valence-corrected chi connectivity index (χ1v) is 7.33. The molecule has 0 unspecified atom stereocenters. The summed E-state index contributed by atoms with van der Waals surface area (Å²) in [5.41, 5.74) is 0.279. The molecule has 0 fully saturated rings. The topological polar surface area (TPSA) is 96.0 Å². The summed E-state index contributed by atoms with van der Waals surface area (Å²) >= 11 is 0. The largest absolute Gasteiger partial charge is 0.463 e. The number of ether oxygens (including phenoxy) is 3. The Labute approximate surface area is 139 Å². The number of hydrogen-bond acceptors (Lipinski definition) is 7. The molecule has 0 aromatic heterocycles. The summed E-state index contributed by atoms with van der Waals surface area (Å²) in [6.07, 6.45) is 2.79. The molecular weight excluding hydrogens is 316 g/mol. The summed E-state index contributed by atoms with van der Waals surface area (Å²) in [6, 6.07) is 6.35. The van der Waals surface area contributed by atoms with Crippen LogP contribution in [0.5, 0.6) is 5.75 Å². The van der Waals surface area contributed by atoms with Crippen LogP contribution in [0.4, 0.5) is 0 Å². The van der Waals surface area contributed by atoms with Gasteiger partial charge in [0, 0.05) is 18.6 Å². The minimum atomic E-state index is -0.706. The van der Waals surface area contributed by atoms with Crippen LogP contribution in [0.15, 0.2) is 36.4 Å². The van der Waals surface area contributed by atoms with E-state index in [0.29, 0.717) is 6.29 Å². The Morgan fingerprint density at radius 2 is 1.71 bits per heavy atom. The standard InChI is InChI=1S/C17H18O7/c1-2-22-15(19)9-10-16(20)23-11-5-8-17(21)24-14-7-4-3-6-13(14)12-18/h3-4,6-7,9-10,12H,2,5,8,11H2,1H3/b10-9+. The molecule has 0 heterocycles. The van der Waals surface area contributed by atoms with E-state index in [1.807, 2.05) is 0 Å². The molecule has 24 heavy (non-hydrogen) atoms. The van der Waals surface area contributed by atoms with Crippen molar-refractivity contribution < 1.29 is 33.4 Å². The molecule has 1 aromatic carbocycles. The number of esters is 3. The van der Waals surface area contributed by atoms with Gasteiger partial charge in [0.15, 0.2) is 6.29 Å². The number of hydrogen-bond donors (Lipinski definition) is 0. The van der Waals surface area contributed by atoms with Crippen LogP contribution in [0.2, 0.25) is 0 Å². The molecule has 0 aliphatic heterocycles. The van der Waals surface area contributed by atoms with Crippen LogP contribution in [0.25, 0.3) is 0 Å². The van der Waals surface area contributed by atoms with Gasteiger partial charge in [0.25, 0.3) is 0 Å². The lowest BCUT2D eigenvalue weighted by atomic mass is 10.2. The molecule has 0 radical (unpaired) electrons. The highest BCUT2D eigenvalue weighted by Crippen LogP contribution is 2.16. The zero-order valence-corrected chi connectivity index (χ0v) is 13.2. The fourth-order valence-corrected chi connectivity index (χ4v) is 1.61. The fourth-order valence-electron chi connectivity index (χ4n) is 1.61. The highest BCUT2D eigenvalue weighted by Gasteiger charge is 2.09. The van der Waals surface area contributed by atoms with Crippen molar-refractivity contribution in [2.45, 2.75) is 19.8 Å². The lowest BCUT2D eigenvalue weighted by Gasteiger charge is -2.06. The Balaban J connectivity index is 2.27. The second kappa shape index (κ2) is 10.7. The average Bonchev–Trinajstić information content (AvgIpc) is 2.57. The van der Waals surface area contributed by atoms with Gasteiger partial charge in [-0.05, 0) is 25.5 Å². The smallest absolute Gasteiger partial charge is 0.331 e. The fraction of sp³-hybridized carbons (Fsp3) is 0.294. The molecule has 0 atom stereocenters. The van der Waals surface area contributed by atoms with Gasteiger partial charge in [-0.3, -0.25) is 9.59 Å². The molecule has 7 nitrogen and oxygen atoms in total. The second-order valence-electron chi connectivity index (χ2n) is 4.49. The minimum absolute atomic E-state index is 0.00355. The Morgan fingerprint density at radius 1 is 1.04 bits per heavy atom. The summed E-state index contributed by atoms with van der Waals surface area (Å²) in [6.45, 7) is 1.86. The number of carbonyl (C=O) groups excluding carboxylic acids is 4. The summed E-state index contributed by atoms with van der Waals surface area (Å²) in [5, 5.41) is 0. The van der Waals surface area contributed by atoms with Crippen LogP contribution in [-0.4, -0.2) is 37.4 Å². The van der Waals surface area contributed by atoms with Gasteiger partial charge < -0.3 is 14.2 Å². The molecule has 0 bridgehead atoms. The molecule has 0 aliphatic rings. The monoisotopic (exact) mass is 334 g/mol. The number of para-hydroxylation sites is 1. The summed E-state index contributed by atoms with van der Waals surface area (Å²) < 4.78 is 14.5. The predicted octanol–water partition coefficient (Wildman–Crippen LogP) is 1.85. The van der Waals surface area contributed by atoms with Gasteiger partial charge in [0.1, 0.15) is 5.75 Å². The molecule has 0 saturated heterocycles. The molecule has 0 spiro atoms. The third kappa shape index (κ3) is 7.35. The van der Waals surface area contributed by atoms with Crippen molar-refractivity contribution in [1.29, 1.82) is 0 Å². The maximum absolute atomic E-state index is 11.7. The summed E-state index contributed by atoms with van der Waals surface area (Å²) in [4.78, 5) is 44.8. The van der Waals surface area contributed by atoms with E-state index in [1.54, 1.807) is 19.1 Å². The van der Waals surface area contributed by atoms with E-state index in [-0.39, 0.29) is 37.4 Å². The molecule has 0 saturated carbocycles. The van der Waals surface area contributed by atoms with Crippen molar-refractivity contribution >= 4 is 24.2 Å². The lowest BCUT2D eigenvalue weighted by Crippen LogP contribution is -2.11. The normalized spacial score (nSPS) is 10.2. The Morgan fingerprint density at radius 3 is 2.38 bits per heavy atom. The van der Waals surface area contributed by atoms with Gasteiger partial charge >= 0.3 is 17.9 Å². The third-order valence-corrected chi connectivity index (χ3v) is 2.68. The van der Waals surface area contributed by atoms with E-state index in [4.69, 9.17) is 9.47 Å². The molecule has 0 aliphatic carbocycles. The number of rotatable bonds is 9. The molecule has 7 heteroatoms. The van der Waals surface area contributed by atoms with Crippen molar-refractivity contribution in [3.05, 3.63) is 42.0 Å². The molecule has 1 rings (SSSR count). The quantitative estimate of drug-likeness (QED) is 0.223. The van der Waals surface area contributed by atoms with E-state index in [1.165, 1.54) is 12.1 Å². The molecule has 1 aromatic rings. The van der Waals surface area contributed by atoms with Gasteiger partial charge in [0.2, 0.25) is 0 Å². The zero-order chi connectivity index (χ0) is 17.8. The zero-order valence-electron chi connectivity index (χ0n) is 13.2. The van der Waals surface area contributed by atoms with E-state index < -0.39 is 17.9 Å². The van der Waals surface area contributed by atoms with Gasteiger partial charge in [-0.15, -0.1) is 0 Å². The summed E-state index contributed by atoms with van der Waals surface area (Å²) in [5.74, 6) is -1.69. The van der Waals surface area contributed by atoms with Crippen molar-refractivity contribution in [1.82, 2.24) is 0 Å². The highest BCUT2D eigenvalue weighted by atomic mass is 16.5. The Bertz CT molecular complexity index is 619. The summed E-state index contributed by atoms with van der Waals surface area (Å²) in [7, 11) is 0. The predicted molar refractivity (Wildman–Crippen MR) is 83.4 cm³/mol. The van der Waals surface area contributed by atoms with Crippen LogP contribution in [-0.2, 0) is 23.9 Å². The Hall–Kier alpha value is -2.96.